The van der Waals surface area contributed by atoms with Gasteiger partial charge in [-0.05, 0) is 38.0 Å². The number of carbonyl (C=O) groups excluding carboxylic acids is 1. The fourth-order valence-corrected chi connectivity index (χ4v) is 4.13. The minimum atomic E-state index is -0.203. The first-order valence-corrected chi connectivity index (χ1v) is 8.42. The first-order valence-electron chi connectivity index (χ1n) is 8.42. The van der Waals surface area contributed by atoms with E-state index in [0.717, 1.165) is 58.3 Å². The van der Waals surface area contributed by atoms with E-state index in [2.05, 4.69) is 17.1 Å². The SMILES string of the molecule is CCCC1NC2(CCCC2)C(=O)N1CC1CCOCC1. The molecule has 1 unspecified atom stereocenters. The van der Waals surface area contributed by atoms with Crippen LogP contribution in [0.1, 0.15) is 58.3 Å². The average Bonchev–Trinajstić information content (AvgIpc) is 3.03. The van der Waals surface area contributed by atoms with Crippen molar-refractivity contribution < 1.29 is 9.53 Å². The molecule has 0 aromatic rings. The van der Waals surface area contributed by atoms with Crippen molar-refractivity contribution in [3.8, 4) is 0 Å². The number of carbonyl (C=O) groups is 1. The lowest BCUT2D eigenvalue weighted by Crippen LogP contribution is -2.44. The standard InChI is InChI=1S/C16H28N2O2/c1-2-5-14-17-16(8-3-4-9-16)15(19)18(14)12-13-6-10-20-11-7-13/h13-14,17H,2-12H2,1H3. The molecule has 1 aliphatic carbocycles. The van der Waals surface area contributed by atoms with Gasteiger partial charge >= 0.3 is 0 Å². The molecule has 2 aliphatic heterocycles. The number of nitrogens with zero attached hydrogens (tertiary/aromatic N) is 1. The third kappa shape index (κ3) is 2.60. The summed E-state index contributed by atoms with van der Waals surface area (Å²) in [4.78, 5) is 15.1. The Morgan fingerprint density at radius 1 is 1.30 bits per heavy atom. The van der Waals surface area contributed by atoms with E-state index >= 15 is 0 Å². The molecule has 3 fully saturated rings. The van der Waals surface area contributed by atoms with Gasteiger partial charge in [0.2, 0.25) is 5.91 Å². The molecule has 1 atom stereocenters. The Kier molecular flexibility index (Phi) is 4.32. The van der Waals surface area contributed by atoms with Gasteiger partial charge in [-0.15, -0.1) is 0 Å². The molecule has 0 radical (unpaired) electrons. The molecule has 0 aromatic heterocycles. The van der Waals surface area contributed by atoms with Gasteiger partial charge in [0.25, 0.3) is 0 Å². The van der Waals surface area contributed by atoms with Gasteiger partial charge in [-0.25, -0.2) is 0 Å². The van der Waals surface area contributed by atoms with Gasteiger partial charge in [-0.1, -0.05) is 26.2 Å². The largest absolute Gasteiger partial charge is 0.381 e. The molecule has 1 spiro atoms. The Morgan fingerprint density at radius 2 is 2.00 bits per heavy atom. The van der Waals surface area contributed by atoms with Crippen LogP contribution >= 0.6 is 0 Å². The van der Waals surface area contributed by atoms with Crippen LogP contribution in [0.15, 0.2) is 0 Å². The third-order valence-electron chi connectivity index (χ3n) is 5.30. The van der Waals surface area contributed by atoms with E-state index in [0.29, 0.717) is 11.8 Å². The zero-order chi connectivity index (χ0) is 14.0. The van der Waals surface area contributed by atoms with Gasteiger partial charge < -0.3 is 9.64 Å². The minimum Gasteiger partial charge on any atom is -0.381 e. The summed E-state index contributed by atoms with van der Waals surface area (Å²) in [6.45, 7) is 4.87. The third-order valence-corrected chi connectivity index (χ3v) is 5.30. The van der Waals surface area contributed by atoms with E-state index in [1.807, 2.05) is 0 Å². The van der Waals surface area contributed by atoms with Gasteiger partial charge in [-0.3, -0.25) is 10.1 Å². The lowest BCUT2D eigenvalue weighted by molar-refractivity contribution is -0.134. The Morgan fingerprint density at radius 3 is 2.65 bits per heavy atom. The van der Waals surface area contributed by atoms with Gasteiger partial charge in [-0.2, -0.15) is 0 Å². The maximum atomic E-state index is 12.9. The number of ether oxygens (including phenoxy) is 1. The summed E-state index contributed by atoms with van der Waals surface area (Å²) >= 11 is 0. The van der Waals surface area contributed by atoms with Crippen LogP contribution < -0.4 is 5.32 Å². The Balaban J connectivity index is 1.70. The van der Waals surface area contributed by atoms with Crippen molar-refractivity contribution in [1.82, 2.24) is 10.2 Å². The van der Waals surface area contributed by atoms with E-state index in [9.17, 15) is 4.79 Å². The van der Waals surface area contributed by atoms with E-state index in [-0.39, 0.29) is 11.7 Å². The smallest absolute Gasteiger partial charge is 0.244 e. The first-order chi connectivity index (χ1) is 9.75. The Hall–Kier alpha value is -0.610. The molecule has 20 heavy (non-hydrogen) atoms. The van der Waals surface area contributed by atoms with E-state index < -0.39 is 0 Å². The van der Waals surface area contributed by atoms with E-state index in [4.69, 9.17) is 4.74 Å². The molecule has 4 nitrogen and oxygen atoms in total. The highest BCUT2D eigenvalue weighted by Crippen LogP contribution is 2.38. The fourth-order valence-electron chi connectivity index (χ4n) is 4.13. The van der Waals surface area contributed by atoms with Crippen molar-refractivity contribution in [2.24, 2.45) is 5.92 Å². The molecular formula is C16H28N2O2. The molecule has 2 heterocycles. The van der Waals surface area contributed by atoms with Crippen molar-refractivity contribution in [2.75, 3.05) is 19.8 Å². The van der Waals surface area contributed by atoms with E-state index in [1.54, 1.807) is 0 Å². The van der Waals surface area contributed by atoms with Crippen molar-refractivity contribution >= 4 is 5.91 Å². The van der Waals surface area contributed by atoms with Crippen LogP contribution in [-0.2, 0) is 9.53 Å². The topological polar surface area (TPSA) is 41.6 Å². The Labute approximate surface area is 122 Å². The lowest BCUT2D eigenvalue weighted by atomic mass is 9.96. The highest BCUT2D eigenvalue weighted by atomic mass is 16.5. The molecule has 1 amide bonds. The molecule has 2 saturated heterocycles. The summed E-state index contributed by atoms with van der Waals surface area (Å²) in [6.07, 6.45) is 9.17. The molecule has 1 saturated carbocycles. The quantitative estimate of drug-likeness (QED) is 0.859. The highest BCUT2D eigenvalue weighted by Gasteiger charge is 2.52. The average molecular weight is 280 g/mol. The second kappa shape index (κ2) is 6.02. The monoisotopic (exact) mass is 280 g/mol. The number of amides is 1. The van der Waals surface area contributed by atoms with Gasteiger partial charge in [0, 0.05) is 19.8 Å². The molecule has 4 heteroatoms. The Bertz CT molecular complexity index is 346. The van der Waals surface area contributed by atoms with Crippen LogP contribution in [0.25, 0.3) is 0 Å². The molecular weight excluding hydrogens is 252 g/mol. The maximum absolute atomic E-state index is 12.9. The van der Waals surface area contributed by atoms with Gasteiger partial charge in [0.05, 0.1) is 11.7 Å². The summed E-state index contributed by atoms with van der Waals surface area (Å²) in [5.74, 6) is 1.02. The summed E-state index contributed by atoms with van der Waals surface area (Å²) in [5.41, 5.74) is -0.203. The van der Waals surface area contributed by atoms with Crippen molar-refractivity contribution in [1.29, 1.82) is 0 Å². The zero-order valence-electron chi connectivity index (χ0n) is 12.7. The highest BCUT2D eigenvalue weighted by molar-refractivity contribution is 5.89. The van der Waals surface area contributed by atoms with Gasteiger partial charge in [0.1, 0.15) is 0 Å². The molecule has 114 valence electrons. The van der Waals surface area contributed by atoms with E-state index in [1.165, 1.54) is 12.8 Å². The second-order valence-electron chi connectivity index (χ2n) is 6.75. The minimum absolute atomic E-state index is 0.203. The molecule has 1 N–H and O–H groups in total. The van der Waals surface area contributed by atoms with Crippen molar-refractivity contribution in [3.05, 3.63) is 0 Å². The van der Waals surface area contributed by atoms with Crippen LogP contribution in [0.4, 0.5) is 0 Å². The summed E-state index contributed by atoms with van der Waals surface area (Å²) < 4.78 is 5.44. The predicted molar refractivity (Wildman–Crippen MR) is 78.3 cm³/mol. The fraction of sp³-hybridized carbons (Fsp3) is 0.938. The van der Waals surface area contributed by atoms with Crippen molar-refractivity contribution in [3.63, 3.8) is 0 Å². The maximum Gasteiger partial charge on any atom is 0.244 e. The summed E-state index contributed by atoms with van der Waals surface area (Å²) in [6, 6.07) is 0. The van der Waals surface area contributed by atoms with Crippen LogP contribution in [-0.4, -0.2) is 42.3 Å². The summed E-state index contributed by atoms with van der Waals surface area (Å²) in [7, 11) is 0. The molecule has 0 aromatic carbocycles. The number of nitrogens with one attached hydrogen (secondary N) is 1. The van der Waals surface area contributed by atoms with Crippen LogP contribution in [0.5, 0.6) is 0 Å². The normalized spacial score (nSPS) is 30.6. The van der Waals surface area contributed by atoms with Gasteiger partial charge in [0.15, 0.2) is 0 Å². The predicted octanol–water partition coefficient (Wildman–Crippen LogP) is 2.28. The number of hydrogen-bond acceptors (Lipinski definition) is 3. The molecule has 3 aliphatic rings. The van der Waals surface area contributed by atoms with Crippen LogP contribution in [0.2, 0.25) is 0 Å². The van der Waals surface area contributed by atoms with Crippen molar-refractivity contribution in [2.45, 2.75) is 70.0 Å². The first kappa shape index (κ1) is 14.3. The zero-order valence-corrected chi connectivity index (χ0v) is 12.7. The summed E-state index contributed by atoms with van der Waals surface area (Å²) in [5, 5.41) is 3.70. The lowest BCUT2D eigenvalue weighted by Gasteiger charge is -2.30. The van der Waals surface area contributed by atoms with Crippen LogP contribution in [0.3, 0.4) is 0 Å². The second-order valence-corrected chi connectivity index (χ2v) is 6.75. The number of hydrogen-bond donors (Lipinski definition) is 1. The molecule has 3 rings (SSSR count). The van der Waals surface area contributed by atoms with Crippen LogP contribution in [0, 0.1) is 5.92 Å². The molecule has 0 bridgehead atoms. The number of rotatable bonds is 4.